The number of hydrogen-bond donors (Lipinski definition) is 0. The Kier molecular flexibility index (Phi) is 3.33. The van der Waals surface area contributed by atoms with Crippen molar-refractivity contribution < 1.29 is 0 Å². The van der Waals surface area contributed by atoms with E-state index in [1.807, 2.05) is 0 Å². The van der Waals surface area contributed by atoms with Gasteiger partial charge in [-0.1, -0.05) is 60.1 Å². The average Bonchev–Trinajstić information content (AvgIpc) is 2.06. The van der Waals surface area contributed by atoms with Gasteiger partial charge in [0, 0.05) is 5.33 Å². The minimum Gasteiger partial charge on any atom is -0.0928 e. The van der Waals surface area contributed by atoms with E-state index in [9.17, 15) is 0 Å². The first kappa shape index (κ1) is 9.79. The Hall–Kier alpha value is -0.300. The molecule has 0 bridgehead atoms. The first-order valence-electron chi connectivity index (χ1n) is 4.28. The molecule has 66 valence electrons. The molecule has 0 atom stereocenters. The van der Waals surface area contributed by atoms with E-state index in [0.29, 0.717) is 5.41 Å². The van der Waals surface area contributed by atoms with Gasteiger partial charge in [-0.05, 0) is 17.4 Å². The summed E-state index contributed by atoms with van der Waals surface area (Å²) in [6.07, 6.45) is 1.18. The highest BCUT2D eigenvalue weighted by atomic mass is 79.9. The van der Waals surface area contributed by atoms with Gasteiger partial charge in [0.2, 0.25) is 0 Å². The molecule has 0 heterocycles. The van der Waals surface area contributed by atoms with Gasteiger partial charge < -0.3 is 0 Å². The van der Waals surface area contributed by atoms with Crippen LogP contribution in [0.4, 0.5) is 0 Å². The largest absolute Gasteiger partial charge is 0.0928 e. The van der Waals surface area contributed by atoms with Crippen molar-refractivity contribution in [1.82, 2.24) is 0 Å². The molecule has 0 aromatic heterocycles. The normalized spacial score (nSPS) is 11.6. The molecular formula is C11H15Br. The molecule has 0 spiro atoms. The van der Waals surface area contributed by atoms with E-state index in [1.54, 1.807) is 0 Å². The lowest BCUT2D eigenvalue weighted by atomic mass is 9.82. The Balaban J connectivity index is 2.82. The first-order valence-corrected chi connectivity index (χ1v) is 5.40. The van der Waals surface area contributed by atoms with Crippen LogP contribution in [-0.2, 0) is 5.41 Å². The van der Waals surface area contributed by atoms with Crippen LogP contribution in [0.15, 0.2) is 30.3 Å². The van der Waals surface area contributed by atoms with E-state index < -0.39 is 0 Å². The topological polar surface area (TPSA) is 0 Å². The Bertz CT molecular complexity index is 226. The number of benzene rings is 1. The monoisotopic (exact) mass is 226 g/mol. The summed E-state index contributed by atoms with van der Waals surface area (Å²) < 4.78 is 0. The summed E-state index contributed by atoms with van der Waals surface area (Å²) in [4.78, 5) is 0. The lowest BCUT2D eigenvalue weighted by Crippen LogP contribution is -2.17. The summed E-state index contributed by atoms with van der Waals surface area (Å²) >= 11 is 3.48. The van der Waals surface area contributed by atoms with Crippen molar-refractivity contribution in [3.63, 3.8) is 0 Å². The van der Waals surface area contributed by atoms with Gasteiger partial charge in [-0.15, -0.1) is 0 Å². The molecule has 0 saturated heterocycles. The SMILES string of the molecule is CC(C)(CCBr)c1ccccc1. The highest BCUT2D eigenvalue weighted by Crippen LogP contribution is 2.26. The molecule has 0 saturated carbocycles. The summed E-state index contributed by atoms with van der Waals surface area (Å²) in [5.41, 5.74) is 1.72. The van der Waals surface area contributed by atoms with Crippen LogP contribution in [0.5, 0.6) is 0 Å². The first-order chi connectivity index (χ1) is 5.67. The van der Waals surface area contributed by atoms with Crippen LogP contribution in [0.1, 0.15) is 25.8 Å². The molecule has 0 radical (unpaired) electrons. The molecule has 12 heavy (non-hydrogen) atoms. The third kappa shape index (κ3) is 2.34. The average molecular weight is 227 g/mol. The number of alkyl halides is 1. The van der Waals surface area contributed by atoms with Crippen molar-refractivity contribution in [3.8, 4) is 0 Å². The molecule has 0 N–H and O–H groups in total. The van der Waals surface area contributed by atoms with E-state index in [4.69, 9.17) is 0 Å². The third-order valence-corrected chi connectivity index (χ3v) is 2.67. The molecule has 0 fully saturated rings. The maximum Gasteiger partial charge on any atom is 0.00395 e. The number of rotatable bonds is 3. The standard InChI is InChI=1S/C11H15Br/c1-11(2,8-9-12)10-6-4-3-5-7-10/h3-7H,8-9H2,1-2H3. The van der Waals surface area contributed by atoms with Crippen LogP contribution < -0.4 is 0 Å². The molecule has 1 heteroatoms. The molecule has 0 aliphatic heterocycles. The highest BCUT2D eigenvalue weighted by molar-refractivity contribution is 9.09. The van der Waals surface area contributed by atoms with E-state index in [1.165, 1.54) is 12.0 Å². The van der Waals surface area contributed by atoms with Gasteiger partial charge in [0.25, 0.3) is 0 Å². The van der Waals surface area contributed by atoms with Crippen molar-refractivity contribution in [3.05, 3.63) is 35.9 Å². The summed E-state index contributed by atoms with van der Waals surface area (Å²) in [6.45, 7) is 4.56. The highest BCUT2D eigenvalue weighted by Gasteiger charge is 2.18. The van der Waals surface area contributed by atoms with E-state index in [-0.39, 0.29) is 0 Å². The maximum atomic E-state index is 3.48. The van der Waals surface area contributed by atoms with Crippen molar-refractivity contribution in [1.29, 1.82) is 0 Å². The van der Waals surface area contributed by atoms with Crippen LogP contribution in [0.3, 0.4) is 0 Å². The van der Waals surface area contributed by atoms with Crippen molar-refractivity contribution in [2.24, 2.45) is 0 Å². The van der Waals surface area contributed by atoms with Gasteiger partial charge in [0.15, 0.2) is 0 Å². The number of halogens is 1. The van der Waals surface area contributed by atoms with Crippen LogP contribution in [0.25, 0.3) is 0 Å². The minimum atomic E-state index is 0.296. The molecule has 0 unspecified atom stereocenters. The van der Waals surface area contributed by atoms with Gasteiger partial charge in [-0.3, -0.25) is 0 Å². The zero-order chi connectivity index (χ0) is 9.03. The Labute approximate surface area is 83.1 Å². The van der Waals surface area contributed by atoms with E-state index in [0.717, 1.165) is 5.33 Å². The summed E-state index contributed by atoms with van der Waals surface area (Å²) in [7, 11) is 0. The maximum absolute atomic E-state index is 3.48. The summed E-state index contributed by atoms with van der Waals surface area (Å²) in [6, 6.07) is 10.7. The van der Waals surface area contributed by atoms with Crippen molar-refractivity contribution in [2.75, 3.05) is 5.33 Å². The fourth-order valence-electron chi connectivity index (χ4n) is 1.27. The summed E-state index contributed by atoms with van der Waals surface area (Å²) in [5.74, 6) is 0. The smallest absolute Gasteiger partial charge is 0.00395 e. The van der Waals surface area contributed by atoms with Crippen molar-refractivity contribution in [2.45, 2.75) is 25.7 Å². The number of hydrogen-bond acceptors (Lipinski definition) is 0. The van der Waals surface area contributed by atoms with Gasteiger partial charge in [-0.2, -0.15) is 0 Å². The minimum absolute atomic E-state index is 0.296. The van der Waals surface area contributed by atoms with Gasteiger partial charge in [0.05, 0.1) is 0 Å². The van der Waals surface area contributed by atoms with Gasteiger partial charge in [0.1, 0.15) is 0 Å². The molecule has 0 aliphatic rings. The van der Waals surface area contributed by atoms with Gasteiger partial charge >= 0.3 is 0 Å². The predicted molar refractivity (Wildman–Crippen MR) is 57.9 cm³/mol. The van der Waals surface area contributed by atoms with Crippen LogP contribution in [0.2, 0.25) is 0 Å². The van der Waals surface area contributed by atoms with Crippen LogP contribution in [-0.4, -0.2) is 5.33 Å². The zero-order valence-electron chi connectivity index (χ0n) is 7.68. The fraction of sp³-hybridized carbons (Fsp3) is 0.455. The second-order valence-corrected chi connectivity index (χ2v) is 4.48. The molecule has 1 rings (SSSR count). The van der Waals surface area contributed by atoms with Gasteiger partial charge in [-0.25, -0.2) is 0 Å². The molecular weight excluding hydrogens is 212 g/mol. The molecule has 1 aromatic rings. The van der Waals surface area contributed by atoms with Crippen molar-refractivity contribution >= 4 is 15.9 Å². The molecule has 1 aromatic carbocycles. The Morgan fingerprint density at radius 1 is 1.17 bits per heavy atom. The quantitative estimate of drug-likeness (QED) is 0.690. The van der Waals surface area contributed by atoms with E-state index in [2.05, 4.69) is 60.1 Å². The molecule has 0 aliphatic carbocycles. The summed E-state index contributed by atoms with van der Waals surface area (Å²) in [5, 5.41) is 1.06. The third-order valence-electron chi connectivity index (χ3n) is 2.27. The van der Waals surface area contributed by atoms with Crippen LogP contribution in [0, 0.1) is 0 Å². The van der Waals surface area contributed by atoms with E-state index >= 15 is 0 Å². The van der Waals surface area contributed by atoms with Crippen LogP contribution >= 0.6 is 15.9 Å². The lowest BCUT2D eigenvalue weighted by Gasteiger charge is -2.23. The second-order valence-electron chi connectivity index (χ2n) is 3.69. The zero-order valence-corrected chi connectivity index (χ0v) is 9.26. The Morgan fingerprint density at radius 2 is 1.75 bits per heavy atom. The predicted octanol–water partition coefficient (Wildman–Crippen LogP) is 3.75. The second kappa shape index (κ2) is 4.08. The Morgan fingerprint density at radius 3 is 2.25 bits per heavy atom. The lowest BCUT2D eigenvalue weighted by molar-refractivity contribution is 0.512. The molecule has 0 amide bonds. The fourth-order valence-corrected chi connectivity index (χ4v) is 2.26. The molecule has 0 nitrogen and oxygen atoms in total.